The van der Waals surface area contributed by atoms with E-state index >= 15 is 0 Å². The highest BCUT2D eigenvalue weighted by Gasteiger charge is 2.68. The molecule has 0 spiro atoms. The average molecular weight is 444 g/mol. The SMILES string of the molecule is C=C(NC(CC)C(C)(C)C)NC(C(=C)N1C[C@H]2[C@@H](C1C(C)=O)C2(C)C)C1(C)CCCCC1. The van der Waals surface area contributed by atoms with Crippen molar-refractivity contribution in [2.45, 2.75) is 112 Å². The van der Waals surface area contributed by atoms with Crippen LogP contribution in [0.2, 0.25) is 0 Å². The number of hydrogen-bond acceptors (Lipinski definition) is 4. The van der Waals surface area contributed by atoms with Crippen molar-refractivity contribution in [3.8, 4) is 0 Å². The first-order chi connectivity index (χ1) is 14.7. The van der Waals surface area contributed by atoms with Crippen LogP contribution in [-0.2, 0) is 4.79 Å². The summed E-state index contributed by atoms with van der Waals surface area (Å²) in [5.74, 6) is 2.23. The fraction of sp³-hybridized carbons (Fsp3) is 0.821. The maximum atomic E-state index is 12.7. The van der Waals surface area contributed by atoms with Crippen LogP contribution in [0.25, 0.3) is 0 Å². The zero-order valence-corrected chi connectivity index (χ0v) is 22.1. The van der Waals surface area contributed by atoms with E-state index in [1.54, 1.807) is 6.92 Å². The molecule has 2 aliphatic carbocycles. The first kappa shape index (κ1) is 25.2. The van der Waals surface area contributed by atoms with Gasteiger partial charge in [-0.1, -0.05) is 80.9 Å². The summed E-state index contributed by atoms with van der Waals surface area (Å²) in [4.78, 5) is 15.1. The zero-order valence-electron chi connectivity index (χ0n) is 22.1. The molecule has 3 aliphatic rings. The Morgan fingerprint density at radius 2 is 1.69 bits per heavy atom. The van der Waals surface area contributed by atoms with Crippen LogP contribution in [0.15, 0.2) is 24.7 Å². The lowest BCUT2D eigenvalue weighted by molar-refractivity contribution is -0.122. The van der Waals surface area contributed by atoms with E-state index in [-0.39, 0.29) is 34.1 Å². The van der Waals surface area contributed by atoms with Gasteiger partial charge >= 0.3 is 0 Å². The maximum Gasteiger partial charge on any atom is 0.152 e. The third kappa shape index (κ3) is 4.61. The molecular formula is C28H49N3O. The van der Waals surface area contributed by atoms with Crippen molar-refractivity contribution in [3.05, 3.63) is 24.7 Å². The molecular weight excluding hydrogens is 394 g/mol. The summed E-state index contributed by atoms with van der Waals surface area (Å²) in [5, 5.41) is 7.46. The molecule has 0 aromatic rings. The van der Waals surface area contributed by atoms with Gasteiger partial charge in [-0.25, -0.2) is 0 Å². The Labute approximate surface area is 197 Å². The molecule has 3 rings (SSSR count). The predicted octanol–water partition coefficient (Wildman–Crippen LogP) is 5.86. The van der Waals surface area contributed by atoms with Gasteiger partial charge in [-0.05, 0) is 54.3 Å². The molecule has 0 amide bonds. The first-order valence-corrected chi connectivity index (χ1v) is 12.9. The number of ketones is 1. The Morgan fingerprint density at radius 3 is 2.19 bits per heavy atom. The quantitative estimate of drug-likeness (QED) is 0.468. The lowest BCUT2D eigenvalue weighted by Crippen LogP contribution is -2.54. The zero-order chi connectivity index (χ0) is 24.1. The Hall–Kier alpha value is -1.45. The molecule has 1 aliphatic heterocycles. The van der Waals surface area contributed by atoms with Crippen LogP contribution in [-0.4, -0.2) is 35.4 Å². The highest BCUT2D eigenvalue weighted by molar-refractivity contribution is 5.83. The van der Waals surface area contributed by atoms with E-state index in [0.29, 0.717) is 17.9 Å². The van der Waals surface area contributed by atoms with Crippen molar-refractivity contribution in [3.63, 3.8) is 0 Å². The highest BCUT2D eigenvalue weighted by atomic mass is 16.1. The van der Waals surface area contributed by atoms with Gasteiger partial charge in [-0.15, -0.1) is 0 Å². The smallest absolute Gasteiger partial charge is 0.152 e. The van der Waals surface area contributed by atoms with Gasteiger partial charge in [-0.2, -0.15) is 0 Å². The molecule has 5 atom stereocenters. The molecule has 182 valence electrons. The molecule has 3 fully saturated rings. The van der Waals surface area contributed by atoms with Gasteiger partial charge in [0.15, 0.2) is 5.78 Å². The standard InChI is InChI=1S/C28H49N3O/c1-11-22(26(5,6)7)29-20(4)30-25(28(10)15-13-12-14-16-28)18(2)31-17-21-23(27(21,8)9)24(31)19(3)32/h21-25,29-30H,2,4,11-17H2,1,3,5-10H3/t21-,22?,23-,24?,25?/m0/s1. The van der Waals surface area contributed by atoms with E-state index < -0.39 is 0 Å². The Kier molecular flexibility index (Phi) is 6.86. The molecule has 4 nitrogen and oxygen atoms in total. The molecule has 0 bridgehead atoms. The molecule has 0 aromatic heterocycles. The molecule has 4 heteroatoms. The van der Waals surface area contributed by atoms with Crippen molar-refractivity contribution < 1.29 is 4.79 Å². The second-order valence-electron chi connectivity index (χ2n) is 12.9. The third-order valence-corrected chi connectivity index (χ3v) is 9.14. The Morgan fingerprint density at radius 1 is 1.09 bits per heavy atom. The van der Waals surface area contributed by atoms with E-state index in [2.05, 4.69) is 77.2 Å². The van der Waals surface area contributed by atoms with E-state index in [0.717, 1.165) is 24.5 Å². The molecule has 2 N–H and O–H groups in total. The maximum absolute atomic E-state index is 12.7. The number of carbonyl (C=O) groups is 1. The largest absolute Gasteiger partial charge is 0.369 e. The van der Waals surface area contributed by atoms with Gasteiger partial charge in [0.2, 0.25) is 0 Å². The van der Waals surface area contributed by atoms with Gasteiger partial charge < -0.3 is 15.5 Å². The van der Waals surface area contributed by atoms with Crippen molar-refractivity contribution in [1.82, 2.24) is 15.5 Å². The summed E-state index contributed by atoms with van der Waals surface area (Å²) in [6, 6.07) is 0.404. The normalized spacial score (nSPS) is 30.1. The Balaban J connectivity index is 1.83. The molecule has 32 heavy (non-hydrogen) atoms. The minimum Gasteiger partial charge on any atom is -0.369 e. The molecule has 2 saturated carbocycles. The van der Waals surface area contributed by atoms with Crippen LogP contribution in [0, 0.1) is 28.1 Å². The fourth-order valence-corrected chi connectivity index (χ4v) is 6.88. The topological polar surface area (TPSA) is 44.4 Å². The predicted molar refractivity (Wildman–Crippen MR) is 135 cm³/mol. The molecule has 1 saturated heterocycles. The molecule has 3 unspecified atom stereocenters. The highest BCUT2D eigenvalue weighted by Crippen LogP contribution is 2.65. The second kappa shape index (κ2) is 8.72. The number of nitrogens with zero attached hydrogens (tertiary/aromatic N) is 1. The summed E-state index contributed by atoms with van der Waals surface area (Å²) in [7, 11) is 0. The van der Waals surface area contributed by atoms with Gasteiger partial charge in [-0.3, -0.25) is 4.79 Å². The molecule has 0 aromatic carbocycles. The molecule has 0 radical (unpaired) electrons. The van der Waals surface area contributed by atoms with Crippen LogP contribution in [0.1, 0.15) is 93.9 Å². The van der Waals surface area contributed by atoms with Gasteiger partial charge in [0, 0.05) is 18.3 Å². The van der Waals surface area contributed by atoms with Gasteiger partial charge in [0.1, 0.15) is 0 Å². The molecule has 1 heterocycles. The van der Waals surface area contributed by atoms with Crippen molar-refractivity contribution in [1.29, 1.82) is 0 Å². The first-order valence-electron chi connectivity index (χ1n) is 12.9. The van der Waals surface area contributed by atoms with Crippen molar-refractivity contribution >= 4 is 5.78 Å². The average Bonchev–Trinajstić information content (AvgIpc) is 3.04. The number of rotatable bonds is 9. The summed E-state index contributed by atoms with van der Waals surface area (Å²) in [6.07, 6.45) is 7.25. The van der Waals surface area contributed by atoms with Gasteiger partial charge in [0.05, 0.1) is 17.9 Å². The van der Waals surface area contributed by atoms with Crippen LogP contribution < -0.4 is 10.6 Å². The van der Waals surface area contributed by atoms with Crippen molar-refractivity contribution in [2.75, 3.05) is 6.54 Å². The van der Waals surface area contributed by atoms with Crippen LogP contribution >= 0.6 is 0 Å². The fourth-order valence-electron chi connectivity index (χ4n) is 6.88. The lowest BCUT2D eigenvalue weighted by atomic mass is 9.69. The number of nitrogens with one attached hydrogen (secondary N) is 2. The third-order valence-electron chi connectivity index (χ3n) is 9.14. The lowest BCUT2D eigenvalue weighted by Gasteiger charge is -2.47. The summed E-state index contributed by atoms with van der Waals surface area (Å²) in [6.45, 7) is 27.8. The summed E-state index contributed by atoms with van der Waals surface area (Å²) < 4.78 is 0. The number of fused-ring (bicyclic) bond motifs is 1. The van der Waals surface area contributed by atoms with E-state index in [1.807, 2.05) is 0 Å². The monoisotopic (exact) mass is 443 g/mol. The van der Waals surface area contributed by atoms with E-state index in [4.69, 9.17) is 0 Å². The number of hydrogen-bond donors (Lipinski definition) is 2. The summed E-state index contributed by atoms with van der Waals surface area (Å²) >= 11 is 0. The van der Waals surface area contributed by atoms with Crippen LogP contribution in [0.5, 0.6) is 0 Å². The van der Waals surface area contributed by atoms with Crippen LogP contribution in [0.3, 0.4) is 0 Å². The second-order valence-corrected chi connectivity index (χ2v) is 12.9. The van der Waals surface area contributed by atoms with E-state index in [9.17, 15) is 4.79 Å². The minimum atomic E-state index is -0.0295. The summed E-state index contributed by atoms with van der Waals surface area (Å²) in [5.41, 5.74) is 1.64. The van der Waals surface area contributed by atoms with Crippen LogP contribution in [0.4, 0.5) is 0 Å². The number of Topliss-reactive ketones (excluding diaryl/α,β-unsaturated/α-hetero) is 1. The van der Waals surface area contributed by atoms with Crippen molar-refractivity contribution in [2.24, 2.45) is 28.1 Å². The number of carbonyl (C=O) groups excluding carboxylic acids is 1. The Bertz CT molecular complexity index is 740. The number of likely N-dealkylation sites (tertiary alicyclic amines) is 1. The minimum absolute atomic E-state index is 0.0295. The van der Waals surface area contributed by atoms with Gasteiger partial charge in [0.25, 0.3) is 0 Å². The van der Waals surface area contributed by atoms with E-state index in [1.165, 1.54) is 32.1 Å². The number of piperidine rings is 1.